The molecule has 0 N–H and O–H groups in total. The molecule has 0 unspecified atom stereocenters. The largest absolute Gasteiger partial charge is 0.309 e. The van der Waals surface area contributed by atoms with Crippen LogP contribution in [0.1, 0.15) is 5.56 Å². The Morgan fingerprint density at radius 2 is 1.28 bits per heavy atom. The Labute approximate surface area is 224 Å². The topological polar surface area (TPSA) is 22.2 Å². The van der Waals surface area contributed by atoms with Gasteiger partial charge < -0.3 is 9.13 Å². The summed E-state index contributed by atoms with van der Waals surface area (Å²) in [4.78, 5) is 4.65. The molecule has 39 heavy (non-hydrogen) atoms. The Morgan fingerprint density at radius 1 is 0.513 bits per heavy atom. The van der Waals surface area contributed by atoms with Gasteiger partial charge >= 0.3 is 0 Å². The second-order valence-corrected chi connectivity index (χ2v) is 10.4. The number of fused-ring (bicyclic) bond motifs is 9. The molecule has 3 nitrogen and oxygen atoms in total. The van der Waals surface area contributed by atoms with E-state index >= 15 is 0 Å². The summed E-state index contributed by atoms with van der Waals surface area (Å²) in [6, 6.07) is 44.1. The van der Waals surface area contributed by atoms with Crippen LogP contribution >= 0.6 is 0 Å². The van der Waals surface area contributed by atoms with E-state index in [9.17, 15) is 0 Å². The maximum absolute atomic E-state index is 4.65. The third-order valence-electron chi connectivity index (χ3n) is 8.36. The normalized spacial score (nSPS) is 12.9. The molecule has 2 aromatic heterocycles. The third-order valence-corrected chi connectivity index (χ3v) is 8.36. The van der Waals surface area contributed by atoms with E-state index in [2.05, 4.69) is 135 Å². The highest BCUT2D eigenvalue weighted by molar-refractivity contribution is 6.25. The Morgan fingerprint density at radius 3 is 2.21 bits per heavy atom. The van der Waals surface area contributed by atoms with E-state index in [1.54, 1.807) is 0 Å². The summed E-state index contributed by atoms with van der Waals surface area (Å²) in [5.74, 6) is 0. The molecule has 3 heteroatoms. The van der Waals surface area contributed by atoms with E-state index in [1.165, 1.54) is 71.3 Å². The van der Waals surface area contributed by atoms with E-state index in [1.807, 2.05) is 6.21 Å². The zero-order valence-electron chi connectivity index (χ0n) is 21.2. The van der Waals surface area contributed by atoms with Gasteiger partial charge in [-0.2, -0.15) is 0 Å². The standard InChI is InChI=1S/C36H23N3/c1-2-10-24(11-3-1)38-33-18-17-23-9-4-5-12-25(23)36(33)29-22-34-28(21-35(29)38)26-13-6-7-15-31(26)39(34)32-16-8-14-30-27(32)19-20-37-30/h1-18,20-22H,19H2. The highest BCUT2D eigenvalue weighted by Gasteiger charge is 2.21. The van der Waals surface area contributed by atoms with E-state index in [0.717, 1.165) is 12.1 Å². The molecule has 8 aromatic rings. The van der Waals surface area contributed by atoms with Crippen LogP contribution in [0.25, 0.3) is 65.8 Å². The smallest absolute Gasteiger partial charge is 0.0682 e. The van der Waals surface area contributed by atoms with Crippen LogP contribution in [-0.2, 0) is 6.42 Å². The molecule has 6 aromatic carbocycles. The van der Waals surface area contributed by atoms with Crippen molar-refractivity contribution >= 4 is 66.3 Å². The molecular formula is C36H23N3. The first-order valence-electron chi connectivity index (χ1n) is 13.5. The van der Waals surface area contributed by atoms with Gasteiger partial charge in [-0.15, -0.1) is 0 Å². The number of aliphatic imine (C=N–C) groups is 1. The minimum atomic E-state index is 0.861. The molecule has 1 aliphatic rings. The van der Waals surface area contributed by atoms with E-state index < -0.39 is 0 Å². The lowest BCUT2D eigenvalue weighted by molar-refractivity contribution is 1.14. The lowest BCUT2D eigenvalue weighted by Crippen LogP contribution is -1.98. The molecule has 0 saturated heterocycles. The van der Waals surface area contributed by atoms with Crippen molar-refractivity contribution in [1.29, 1.82) is 0 Å². The summed E-state index contributed by atoms with van der Waals surface area (Å²) in [6.07, 6.45) is 2.89. The second kappa shape index (κ2) is 7.68. The molecule has 0 aliphatic carbocycles. The lowest BCUT2D eigenvalue weighted by Gasteiger charge is -2.12. The fraction of sp³-hybridized carbons (Fsp3) is 0.0278. The summed E-state index contributed by atoms with van der Waals surface area (Å²) in [5.41, 5.74) is 9.66. The molecule has 0 spiro atoms. The van der Waals surface area contributed by atoms with Crippen LogP contribution in [0.15, 0.2) is 126 Å². The summed E-state index contributed by atoms with van der Waals surface area (Å²) >= 11 is 0. The summed E-state index contributed by atoms with van der Waals surface area (Å²) in [7, 11) is 0. The van der Waals surface area contributed by atoms with Crippen LogP contribution in [0.5, 0.6) is 0 Å². The first-order valence-corrected chi connectivity index (χ1v) is 13.5. The van der Waals surface area contributed by atoms with Crippen molar-refractivity contribution in [1.82, 2.24) is 9.13 Å². The van der Waals surface area contributed by atoms with Crippen molar-refractivity contribution in [3.8, 4) is 11.4 Å². The molecule has 0 atom stereocenters. The van der Waals surface area contributed by atoms with Gasteiger partial charge in [0.05, 0.1) is 33.4 Å². The SMILES string of the molecule is C1=Nc2cccc(-n3c4ccccc4c4cc5c(cc43)c3c4ccccc4ccc3n5-c3ccccc3)c2C1. The van der Waals surface area contributed by atoms with Gasteiger partial charge in [0, 0.05) is 45.4 Å². The number of benzene rings is 6. The predicted octanol–water partition coefficient (Wildman–Crippen LogP) is 9.29. The van der Waals surface area contributed by atoms with Crippen LogP contribution in [0, 0.1) is 0 Å². The van der Waals surface area contributed by atoms with Crippen LogP contribution < -0.4 is 0 Å². The average molecular weight is 498 g/mol. The Kier molecular flexibility index (Phi) is 4.11. The summed E-state index contributed by atoms with van der Waals surface area (Å²) in [5, 5.41) is 7.64. The molecule has 3 heterocycles. The van der Waals surface area contributed by atoms with Crippen LogP contribution in [-0.4, -0.2) is 15.3 Å². The lowest BCUT2D eigenvalue weighted by atomic mass is 10.0. The zero-order valence-corrected chi connectivity index (χ0v) is 21.2. The van der Waals surface area contributed by atoms with E-state index in [-0.39, 0.29) is 0 Å². The highest BCUT2D eigenvalue weighted by Crippen LogP contribution is 2.42. The van der Waals surface area contributed by atoms with Crippen molar-refractivity contribution in [2.75, 3.05) is 0 Å². The number of para-hydroxylation sites is 2. The van der Waals surface area contributed by atoms with Crippen LogP contribution in [0.2, 0.25) is 0 Å². The fourth-order valence-electron chi connectivity index (χ4n) is 6.70. The Balaban J connectivity index is 1.51. The molecule has 9 rings (SSSR count). The number of aromatic nitrogens is 2. The predicted molar refractivity (Wildman–Crippen MR) is 164 cm³/mol. The number of hydrogen-bond donors (Lipinski definition) is 0. The molecule has 1 aliphatic heterocycles. The van der Waals surface area contributed by atoms with Gasteiger partial charge in [0.2, 0.25) is 0 Å². The Bertz CT molecular complexity index is 2300. The van der Waals surface area contributed by atoms with Crippen LogP contribution in [0.3, 0.4) is 0 Å². The maximum Gasteiger partial charge on any atom is 0.0682 e. The quantitative estimate of drug-likeness (QED) is 0.227. The van der Waals surface area contributed by atoms with Crippen molar-refractivity contribution in [3.05, 3.63) is 127 Å². The summed E-state index contributed by atoms with van der Waals surface area (Å²) < 4.78 is 4.88. The molecule has 182 valence electrons. The minimum Gasteiger partial charge on any atom is -0.309 e. The van der Waals surface area contributed by atoms with Gasteiger partial charge in [0.25, 0.3) is 0 Å². The van der Waals surface area contributed by atoms with Gasteiger partial charge in [-0.05, 0) is 59.3 Å². The first kappa shape index (κ1) is 20.9. The minimum absolute atomic E-state index is 0.861. The number of nitrogens with zero attached hydrogens (tertiary/aromatic N) is 3. The van der Waals surface area contributed by atoms with Gasteiger partial charge in [-0.3, -0.25) is 4.99 Å². The van der Waals surface area contributed by atoms with E-state index in [0.29, 0.717) is 0 Å². The summed E-state index contributed by atoms with van der Waals surface area (Å²) in [6.45, 7) is 0. The Hall–Kier alpha value is -5.15. The van der Waals surface area contributed by atoms with Gasteiger partial charge in [-0.25, -0.2) is 0 Å². The second-order valence-electron chi connectivity index (χ2n) is 10.4. The van der Waals surface area contributed by atoms with Crippen molar-refractivity contribution in [2.45, 2.75) is 6.42 Å². The van der Waals surface area contributed by atoms with Crippen LogP contribution in [0.4, 0.5) is 5.69 Å². The van der Waals surface area contributed by atoms with Crippen molar-refractivity contribution < 1.29 is 0 Å². The average Bonchev–Trinajstić information content (AvgIpc) is 3.69. The molecule has 0 saturated carbocycles. The van der Waals surface area contributed by atoms with E-state index in [4.69, 9.17) is 0 Å². The maximum atomic E-state index is 4.65. The molecule has 0 amide bonds. The van der Waals surface area contributed by atoms with Gasteiger partial charge in [0.1, 0.15) is 0 Å². The first-order chi connectivity index (χ1) is 19.4. The molecule has 0 radical (unpaired) electrons. The van der Waals surface area contributed by atoms with Crippen molar-refractivity contribution in [2.24, 2.45) is 4.99 Å². The number of rotatable bonds is 2. The molecule has 0 bridgehead atoms. The van der Waals surface area contributed by atoms with Gasteiger partial charge in [-0.1, -0.05) is 72.8 Å². The number of hydrogen-bond acceptors (Lipinski definition) is 1. The highest BCUT2D eigenvalue weighted by atomic mass is 15.0. The zero-order chi connectivity index (χ0) is 25.5. The monoisotopic (exact) mass is 497 g/mol. The van der Waals surface area contributed by atoms with Gasteiger partial charge in [0.15, 0.2) is 0 Å². The third kappa shape index (κ3) is 2.79. The molecular weight excluding hydrogens is 474 g/mol. The molecule has 0 fully saturated rings. The van der Waals surface area contributed by atoms with Crippen molar-refractivity contribution in [3.63, 3.8) is 0 Å². The fourth-order valence-corrected chi connectivity index (χ4v) is 6.70.